The van der Waals surface area contributed by atoms with Gasteiger partial charge in [0.05, 0.1) is 12.2 Å². The van der Waals surface area contributed by atoms with Crippen LogP contribution in [0, 0.1) is 5.82 Å². The maximum absolute atomic E-state index is 13.4. The summed E-state index contributed by atoms with van der Waals surface area (Å²) in [6.45, 7) is 0.448. The van der Waals surface area contributed by atoms with Gasteiger partial charge in [0.1, 0.15) is 10.8 Å². The molecule has 2 heterocycles. The summed E-state index contributed by atoms with van der Waals surface area (Å²) in [6, 6.07) is 12.3. The van der Waals surface area contributed by atoms with E-state index in [-0.39, 0.29) is 11.5 Å². The monoisotopic (exact) mass is 381 g/mol. The molecule has 2 aromatic heterocycles. The molecular weight excluding hydrogens is 361 g/mol. The van der Waals surface area contributed by atoms with E-state index in [1.807, 2.05) is 24.3 Å². The smallest absolute Gasteiger partial charge is 0.290 e. The van der Waals surface area contributed by atoms with Gasteiger partial charge in [-0.3, -0.25) is 9.55 Å². The van der Waals surface area contributed by atoms with Gasteiger partial charge in [0.25, 0.3) is 0 Å². The molecule has 0 fully saturated rings. The van der Waals surface area contributed by atoms with Gasteiger partial charge in [-0.25, -0.2) is 9.18 Å². The first-order valence-electron chi connectivity index (χ1n) is 9.10. The molecule has 0 bridgehead atoms. The Morgan fingerprint density at radius 1 is 1.11 bits per heavy atom. The van der Waals surface area contributed by atoms with Crippen LogP contribution in [0.4, 0.5) is 4.39 Å². The van der Waals surface area contributed by atoms with E-state index in [4.69, 9.17) is 0 Å². The second-order valence-electron chi connectivity index (χ2n) is 6.66. The summed E-state index contributed by atoms with van der Waals surface area (Å²) >= 11 is 1.52. The van der Waals surface area contributed by atoms with Crippen LogP contribution in [0.15, 0.2) is 58.5 Å². The summed E-state index contributed by atoms with van der Waals surface area (Å²) in [6.07, 6.45) is 5.73. The second-order valence-corrected chi connectivity index (χ2v) is 7.62. The Morgan fingerprint density at radius 3 is 2.81 bits per heavy atom. The normalized spacial score (nSPS) is 13.4. The van der Waals surface area contributed by atoms with Crippen molar-refractivity contribution >= 4 is 11.8 Å². The lowest BCUT2D eigenvalue weighted by Gasteiger charge is -2.22. The van der Waals surface area contributed by atoms with E-state index in [9.17, 15) is 9.18 Å². The highest BCUT2D eigenvalue weighted by atomic mass is 32.2. The first-order chi connectivity index (χ1) is 13.2. The predicted octanol–water partition coefficient (Wildman–Crippen LogP) is 4.00. The highest BCUT2D eigenvalue weighted by molar-refractivity contribution is 7.98. The molecule has 0 radical (unpaired) electrons. The molecule has 0 aliphatic heterocycles. The molecule has 1 aliphatic rings. The predicted molar refractivity (Wildman–Crippen MR) is 104 cm³/mol. The fraction of sp³-hybridized carbons (Fsp3) is 0.286. The Labute approximate surface area is 161 Å². The van der Waals surface area contributed by atoms with Gasteiger partial charge in [0.15, 0.2) is 0 Å². The number of fused-ring (bicyclic) bond motifs is 1. The number of halogens is 1. The van der Waals surface area contributed by atoms with E-state index in [2.05, 4.69) is 9.97 Å². The molecular formula is C21H20FN3OS. The zero-order valence-corrected chi connectivity index (χ0v) is 15.7. The van der Waals surface area contributed by atoms with Crippen LogP contribution < -0.4 is 5.69 Å². The molecule has 0 atom stereocenters. The topological polar surface area (TPSA) is 47.8 Å². The maximum Gasteiger partial charge on any atom is 0.349 e. The van der Waals surface area contributed by atoms with Crippen molar-refractivity contribution in [2.24, 2.45) is 0 Å². The molecule has 0 unspecified atom stereocenters. The van der Waals surface area contributed by atoms with E-state index in [1.165, 1.54) is 23.9 Å². The summed E-state index contributed by atoms with van der Waals surface area (Å²) < 4.78 is 15.2. The van der Waals surface area contributed by atoms with Gasteiger partial charge in [-0.2, -0.15) is 4.98 Å². The van der Waals surface area contributed by atoms with Crippen LogP contribution in [0.2, 0.25) is 0 Å². The molecule has 4 rings (SSSR count). The van der Waals surface area contributed by atoms with Gasteiger partial charge >= 0.3 is 5.69 Å². The fourth-order valence-electron chi connectivity index (χ4n) is 3.46. The Kier molecular flexibility index (Phi) is 5.34. The van der Waals surface area contributed by atoms with E-state index in [0.29, 0.717) is 12.3 Å². The van der Waals surface area contributed by atoms with Crippen LogP contribution >= 0.6 is 11.8 Å². The third-order valence-electron chi connectivity index (χ3n) is 4.76. The zero-order valence-electron chi connectivity index (χ0n) is 14.9. The maximum atomic E-state index is 13.4. The summed E-state index contributed by atoms with van der Waals surface area (Å²) in [7, 11) is 0. The molecule has 0 N–H and O–H groups in total. The molecule has 0 spiro atoms. The number of benzene rings is 1. The lowest BCUT2D eigenvalue weighted by molar-refractivity contribution is 0.565. The van der Waals surface area contributed by atoms with Crippen molar-refractivity contribution in [3.05, 3.63) is 87.5 Å². The van der Waals surface area contributed by atoms with Crippen LogP contribution in [-0.4, -0.2) is 14.5 Å². The molecule has 0 saturated carbocycles. The minimum absolute atomic E-state index is 0.233. The zero-order chi connectivity index (χ0) is 18.6. The van der Waals surface area contributed by atoms with Crippen molar-refractivity contribution in [3.63, 3.8) is 0 Å². The molecule has 0 saturated heterocycles. The molecule has 1 aromatic carbocycles. The molecule has 27 heavy (non-hydrogen) atoms. The Morgan fingerprint density at radius 2 is 2.00 bits per heavy atom. The van der Waals surface area contributed by atoms with E-state index >= 15 is 0 Å². The standard InChI is InChI=1S/C21H20FN3OS/c22-16-7-5-6-15(12-16)14-27-20-18-9-1-2-10-19(18)25(21(26)24-20)13-17-8-3-4-11-23-17/h3-8,11-12H,1-2,9-10,13-14H2. The summed E-state index contributed by atoms with van der Waals surface area (Å²) in [4.78, 5) is 21.4. The molecule has 138 valence electrons. The number of thioether (sulfide) groups is 1. The second kappa shape index (κ2) is 8.05. The van der Waals surface area contributed by atoms with Gasteiger partial charge in [0, 0.05) is 23.2 Å². The number of hydrogen-bond acceptors (Lipinski definition) is 4. The number of aromatic nitrogens is 3. The Hall–Kier alpha value is -2.47. The van der Waals surface area contributed by atoms with Crippen LogP contribution in [-0.2, 0) is 25.1 Å². The van der Waals surface area contributed by atoms with E-state index in [1.54, 1.807) is 16.8 Å². The van der Waals surface area contributed by atoms with Gasteiger partial charge in [-0.15, -0.1) is 11.8 Å². The van der Waals surface area contributed by atoms with Crippen LogP contribution in [0.5, 0.6) is 0 Å². The van der Waals surface area contributed by atoms with Crippen LogP contribution in [0.1, 0.15) is 35.4 Å². The van der Waals surface area contributed by atoms with Crippen LogP contribution in [0.25, 0.3) is 0 Å². The van der Waals surface area contributed by atoms with Gasteiger partial charge in [-0.1, -0.05) is 18.2 Å². The van der Waals surface area contributed by atoms with Crippen molar-refractivity contribution in [3.8, 4) is 0 Å². The lowest BCUT2D eigenvalue weighted by atomic mass is 9.97. The van der Waals surface area contributed by atoms with Gasteiger partial charge in [-0.05, 0) is 55.5 Å². The largest absolute Gasteiger partial charge is 0.349 e. The van der Waals surface area contributed by atoms with Crippen molar-refractivity contribution < 1.29 is 4.39 Å². The van der Waals surface area contributed by atoms with Crippen LogP contribution in [0.3, 0.4) is 0 Å². The minimum atomic E-state index is -0.242. The number of pyridine rings is 1. The van der Waals surface area contributed by atoms with Crippen molar-refractivity contribution in [1.29, 1.82) is 0 Å². The molecule has 1 aliphatic carbocycles. The highest BCUT2D eigenvalue weighted by Crippen LogP contribution is 2.30. The Balaban J connectivity index is 1.65. The first kappa shape index (κ1) is 17.9. The summed E-state index contributed by atoms with van der Waals surface area (Å²) in [5, 5.41) is 0.788. The molecule has 0 amide bonds. The number of rotatable bonds is 5. The van der Waals surface area contributed by atoms with Crippen molar-refractivity contribution in [2.45, 2.75) is 43.0 Å². The molecule has 4 nitrogen and oxygen atoms in total. The third kappa shape index (κ3) is 4.11. The Bertz CT molecular complexity index is 1000. The van der Waals surface area contributed by atoms with Crippen molar-refractivity contribution in [1.82, 2.24) is 14.5 Å². The van der Waals surface area contributed by atoms with E-state index < -0.39 is 0 Å². The van der Waals surface area contributed by atoms with Gasteiger partial charge in [0.2, 0.25) is 0 Å². The quantitative estimate of drug-likeness (QED) is 0.495. The summed E-state index contributed by atoms with van der Waals surface area (Å²) in [5.74, 6) is 0.356. The van der Waals surface area contributed by atoms with Crippen molar-refractivity contribution in [2.75, 3.05) is 0 Å². The third-order valence-corrected chi connectivity index (χ3v) is 5.85. The average molecular weight is 381 g/mol. The number of nitrogens with zero attached hydrogens (tertiary/aromatic N) is 3. The fourth-order valence-corrected chi connectivity index (χ4v) is 4.48. The molecule has 3 aromatic rings. The first-order valence-corrected chi connectivity index (χ1v) is 10.1. The number of hydrogen-bond donors (Lipinski definition) is 0. The SMILES string of the molecule is O=c1nc(SCc2cccc(F)c2)c2c(n1Cc1ccccn1)CCCC2. The summed E-state index contributed by atoms with van der Waals surface area (Å²) in [5.41, 5.74) is 3.76. The molecule has 6 heteroatoms. The average Bonchev–Trinajstić information content (AvgIpc) is 2.70. The lowest BCUT2D eigenvalue weighted by Crippen LogP contribution is -2.30. The van der Waals surface area contributed by atoms with Gasteiger partial charge < -0.3 is 0 Å². The minimum Gasteiger partial charge on any atom is -0.290 e. The highest BCUT2D eigenvalue weighted by Gasteiger charge is 2.20. The van der Waals surface area contributed by atoms with E-state index in [0.717, 1.165) is 53.2 Å².